The first-order valence-corrected chi connectivity index (χ1v) is 7.84. The van der Waals surface area contributed by atoms with E-state index in [2.05, 4.69) is 41.8 Å². The van der Waals surface area contributed by atoms with Crippen LogP contribution < -0.4 is 15.4 Å². The summed E-state index contributed by atoms with van der Waals surface area (Å²) >= 11 is 0. The van der Waals surface area contributed by atoms with Crippen molar-refractivity contribution in [3.05, 3.63) is 59.2 Å². The average Bonchev–Trinajstić information content (AvgIpc) is 2.56. The summed E-state index contributed by atoms with van der Waals surface area (Å²) in [6.45, 7) is 6.07. The van der Waals surface area contributed by atoms with Gasteiger partial charge in [-0.1, -0.05) is 37.3 Å². The summed E-state index contributed by atoms with van der Waals surface area (Å²) in [7, 11) is 1.59. The van der Waals surface area contributed by atoms with Crippen molar-refractivity contribution in [2.24, 2.45) is 0 Å². The minimum Gasteiger partial charge on any atom is -0.495 e. The summed E-state index contributed by atoms with van der Waals surface area (Å²) in [6, 6.07) is 13.6. The quantitative estimate of drug-likeness (QED) is 0.857. The molecule has 2 amide bonds. The number of methoxy groups -OCH3 is 1. The van der Waals surface area contributed by atoms with Crippen molar-refractivity contribution >= 4 is 11.7 Å². The van der Waals surface area contributed by atoms with Crippen LogP contribution >= 0.6 is 0 Å². The molecule has 4 heteroatoms. The normalized spacial score (nSPS) is 11.7. The number of urea groups is 1. The number of carbonyl (C=O) groups excluding carboxylic acids is 1. The zero-order chi connectivity index (χ0) is 16.8. The zero-order valence-electron chi connectivity index (χ0n) is 14.1. The Bertz CT molecular complexity index is 666. The van der Waals surface area contributed by atoms with Crippen LogP contribution in [0.3, 0.4) is 0 Å². The Morgan fingerprint density at radius 1 is 1.17 bits per heavy atom. The third kappa shape index (κ3) is 4.49. The van der Waals surface area contributed by atoms with Gasteiger partial charge in [-0.05, 0) is 49.1 Å². The highest BCUT2D eigenvalue weighted by Crippen LogP contribution is 2.25. The number of hydrogen-bond donors (Lipinski definition) is 2. The van der Waals surface area contributed by atoms with E-state index >= 15 is 0 Å². The van der Waals surface area contributed by atoms with E-state index in [0.29, 0.717) is 11.4 Å². The maximum atomic E-state index is 12.2. The maximum absolute atomic E-state index is 12.2. The van der Waals surface area contributed by atoms with E-state index in [-0.39, 0.29) is 12.1 Å². The molecule has 0 heterocycles. The van der Waals surface area contributed by atoms with Gasteiger partial charge in [0.25, 0.3) is 0 Å². The topological polar surface area (TPSA) is 50.4 Å². The number of aryl methyl sites for hydroxylation is 2. The largest absolute Gasteiger partial charge is 0.495 e. The van der Waals surface area contributed by atoms with Crippen LogP contribution in [0, 0.1) is 6.92 Å². The third-order valence-electron chi connectivity index (χ3n) is 3.84. The molecule has 0 aliphatic carbocycles. The van der Waals surface area contributed by atoms with E-state index in [1.165, 1.54) is 5.56 Å². The van der Waals surface area contributed by atoms with Gasteiger partial charge in [-0.25, -0.2) is 4.79 Å². The van der Waals surface area contributed by atoms with Gasteiger partial charge in [0, 0.05) is 0 Å². The van der Waals surface area contributed by atoms with E-state index in [4.69, 9.17) is 4.74 Å². The highest BCUT2D eigenvalue weighted by atomic mass is 16.5. The molecule has 0 saturated carbocycles. The molecule has 2 aromatic rings. The van der Waals surface area contributed by atoms with Crippen LogP contribution in [0.1, 0.15) is 36.6 Å². The molecule has 23 heavy (non-hydrogen) atoms. The second kappa shape index (κ2) is 7.68. The van der Waals surface area contributed by atoms with Gasteiger partial charge >= 0.3 is 6.03 Å². The number of nitrogens with one attached hydrogen (secondary N) is 2. The fraction of sp³-hybridized carbons (Fsp3) is 0.316. The number of ether oxygens (including phenoxy) is 1. The van der Waals surface area contributed by atoms with Crippen LogP contribution in [0.25, 0.3) is 0 Å². The van der Waals surface area contributed by atoms with E-state index < -0.39 is 0 Å². The van der Waals surface area contributed by atoms with Crippen molar-refractivity contribution in [2.75, 3.05) is 12.4 Å². The van der Waals surface area contributed by atoms with Gasteiger partial charge in [-0.15, -0.1) is 0 Å². The molecule has 1 unspecified atom stereocenters. The minimum absolute atomic E-state index is 0.0719. The molecule has 0 aliphatic heterocycles. The number of anilines is 1. The molecule has 122 valence electrons. The van der Waals surface area contributed by atoms with Crippen molar-refractivity contribution in [3.8, 4) is 5.75 Å². The van der Waals surface area contributed by atoms with E-state index in [1.807, 2.05) is 32.0 Å². The van der Waals surface area contributed by atoms with E-state index in [1.54, 1.807) is 7.11 Å². The summed E-state index contributed by atoms with van der Waals surface area (Å²) in [4.78, 5) is 12.2. The summed E-state index contributed by atoms with van der Waals surface area (Å²) in [6.07, 6.45) is 1.01. The van der Waals surface area contributed by atoms with Gasteiger partial charge in [-0.3, -0.25) is 0 Å². The predicted octanol–water partition coefficient (Wildman–Crippen LogP) is 4.45. The molecule has 1 atom stereocenters. The van der Waals surface area contributed by atoms with Crippen molar-refractivity contribution in [1.29, 1.82) is 0 Å². The van der Waals surface area contributed by atoms with Crippen LogP contribution in [0.4, 0.5) is 10.5 Å². The molecular weight excluding hydrogens is 288 g/mol. The Morgan fingerprint density at radius 3 is 2.48 bits per heavy atom. The second-order valence-corrected chi connectivity index (χ2v) is 5.62. The highest BCUT2D eigenvalue weighted by molar-refractivity contribution is 5.91. The molecule has 2 N–H and O–H groups in total. The SMILES string of the molecule is CCc1ccc(C(C)NC(=O)Nc2ccc(C)cc2OC)cc1. The fourth-order valence-corrected chi connectivity index (χ4v) is 2.38. The van der Waals surface area contributed by atoms with Crippen molar-refractivity contribution in [3.63, 3.8) is 0 Å². The third-order valence-corrected chi connectivity index (χ3v) is 3.84. The van der Waals surface area contributed by atoms with Gasteiger partial charge in [0.2, 0.25) is 0 Å². The van der Waals surface area contributed by atoms with E-state index in [0.717, 1.165) is 17.5 Å². The summed E-state index contributed by atoms with van der Waals surface area (Å²) in [5.41, 5.74) is 4.10. The zero-order valence-corrected chi connectivity index (χ0v) is 14.1. The van der Waals surface area contributed by atoms with E-state index in [9.17, 15) is 4.79 Å². The lowest BCUT2D eigenvalue weighted by atomic mass is 10.1. The molecule has 2 aromatic carbocycles. The fourth-order valence-electron chi connectivity index (χ4n) is 2.38. The van der Waals surface area contributed by atoms with Crippen LogP contribution in [-0.4, -0.2) is 13.1 Å². The Kier molecular flexibility index (Phi) is 5.63. The van der Waals surface area contributed by atoms with Crippen LogP contribution in [0.2, 0.25) is 0 Å². The molecule has 0 saturated heterocycles. The second-order valence-electron chi connectivity index (χ2n) is 5.62. The number of amides is 2. The molecule has 2 rings (SSSR count). The molecule has 0 radical (unpaired) electrons. The first kappa shape index (κ1) is 16.9. The monoisotopic (exact) mass is 312 g/mol. The van der Waals surface area contributed by atoms with Crippen LogP contribution in [0.15, 0.2) is 42.5 Å². The molecule has 0 fully saturated rings. The number of hydrogen-bond acceptors (Lipinski definition) is 2. The summed E-state index contributed by atoms with van der Waals surface area (Å²) in [5.74, 6) is 0.653. The molecule has 0 bridgehead atoms. The van der Waals surface area contributed by atoms with Crippen molar-refractivity contribution in [2.45, 2.75) is 33.2 Å². The molecule has 0 spiro atoms. The standard InChI is InChI=1S/C19H24N2O2/c1-5-15-7-9-16(10-8-15)14(3)20-19(22)21-17-11-6-13(2)12-18(17)23-4/h6-12,14H,5H2,1-4H3,(H2,20,21,22). The van der Waals surface area contributed by atoms with Gasteiger partial charge in [0.05, 0.1) is 18.8 Å². The average molecular weight is 312 g/mol. The Labute approximate surface area is 137 Å². The first-order chi connectivity index (χ1) is 11.0. The Hall–Kier alpha value is -2.49. The smallest absolute Gasteiger partial charge is 0.319 e. The number of carbonyl (C=O) groups is 1. The van der Waals surface area contributed by atoms with Gasteiger partial charge in [0.15, 0.2) is 0 Å². The molecular formula is C19H24N2O2. The van der Waals surface area contributed by atoms with Crippen LogP contribution in [-0.2, 0) is 6.42 Å². The minimum atomic E-state index is -0.251. The first-order valence-electron chi connectivity index (χ1n) is 7.84. The summed E-state index contributed by atoms with van der Waals surface area (Å²) in [5, 5.41) is 5.78. The summed E-state index contributed by atoms with van der Waals surface area (Å²) < 4.78 is 5.30. The molecule has 0 aromatic heterocycles. The number of benzene rings is 2. The number of rotatable bonds is 5. The Morgan fingerprint density at radius 2 is 1.87 bits per heavy atom. The van der Waals surface area contributed by atoms with Gasteiger partial charge in [0.1, 0.15) is 5.75 Å². The lowest BCUT2D eigenvalue weighted by Crippen LogP contribution is -2.31. The lowest BCUT2D eigenvalue weighted by Gasteiger charge is -2.17. The predicted molar refractivity (Wildman–Crippen MR) is 94.1 cm³/mol. The highest BCUT2D eigenvalue weighted by Gasteiger charge is 2.11. The van der Waals surface area contributed by atoms with Crippen molar-refractivity contribution < 1.29 is 9.53 Å². The molecule has 4 nitrogen and oxygen atoms in total. The lowest BCUT2D eigenvalue weighted by molar-refractivity contribution is 0.249. The van der Waals surface area contributed by atoms with Gasteiger partial charge in [-0.2, -0.15) is 0 Å². The molecule has 0 aliphatic rings. The van der Waals surface area contributed by atoms with Gasteiger partial charge < -0.3 is 15.4 Å². The van der Waals surface area contributed by atoms with Crippen LogP contribution in [0.5, 0.6) is 5.75 Å². The van der Waals surface area contributed by atoms with Crippen molar-refractivity contribution in [1.82, 2.24) is 5.32 Å². The Balaban J connectivity index is 2.01. The maximum Gasteiger partial charge on any atom is 0.319 e.